The molecule has 1 fully saturated rings. The number of piperazine rings is 1. The molecule has 6 atom stereocenters. The summed E-state index contributed by atoms with van der Waals surface area (Å²) >= 11 is 1.73. The van der Waals surface area contributed by atoms with Gasteiger partial charge in [0.1, 0.15) is 12.4 Å². The normalized spacial score (nSPS) is 26.5. The molecular weight excluding hydrogens is 715 g/mol. The van der Waals surface area contributed by atoms with Crippen molar-refractivity contribution in [1.29, 1.82) is 0 Å². The SMILES string of the molecule is COc1cc2c(cc1O)CCN[C@]2(C)CS[C@@H]1c2c(OC(C)=O)c(C)c3c(c2[C@H](COC=O)N2C[C@H]4Cc5cc(C)c(OC)c(O)c5[C@H]([C@H]12)N4C)OCO3. The number of ether oxygens (including phenoxy) is 6. The zero-order chi connectivity index (χ0) is 38.2. The molecule has 3 aromatic rings. The fraction of sp³-hybridized carbons (Fsp3) is 0.500. The van der Waals surface area contributed by atoms with Crippen LogP contribution in [0.5, 0.6) is 40.2 Å². The number of nitrogens with zero attached hydrogens (tertiary/aromatic N) is 2. The molecule has 54 heavy (non-hydrogen) atoms. The Morgan fingerprint density at radius 3 is 2.57 bits per heavy atom. The molecule has 288 valence electrons. The number of methoxy groups -OCH3 is 2. The second-order valence-corrected chi connectivity index (χ2v) is 16.2. The highest BCUT2D eigenvalue weighted by Crippen LogP contribution is 2.63. The van der Waals surface area contributed by atoms with E-state index in [0.29, 0.717) is 66.0 Å². The van der Waals surface area contributed by atoms with Crippen LogP contribution >= 0.6 is 11.8 Å². The van der Waals surface area contributed by atoms with Crippen LogP contribution in [0, 0.1) is 13.8 Å². The minimum atomic E-state index is -0.551. The lowest BCUT2D eigenvalue weighted by molar-refractivity contribution is -0.133. The van der Waals surface area contributed by atoms with Gasteiger partial charge in [0.05, 0.1) is 37.1 Å². The summed E-state index contributed by atoms with van der Waals surface area (Å²) in [6, 6.07) is 4.77. The van der Waals surface area contributed by atoms with Crippen molar-refractivity contribution in [3.05, 3.63) is 62.7 Å². The van der Waals surface area contributed by atoms with Crippen LogP contribution < -0.4 is 29.0 Å². The molecular formula is C40H47N3O10S. The first-order chi connectivity index (χ1) is 25.9. The van der Waals surface area contributed by atoms with Crippen LogP contribution in [0.25, 0.3) is 0 Å². The Balaban J connectivity index is 1.37. The Hall–Kier alpha value is -4.37. The summed E-state index contributed by atoms with van der Waals surface area (Å²) < 4.78 is 35.4. The summed E-state index contributed by atoms with van der Waals surface area (Å²) in [7, 11) is 5.22. The summed E-state index contributed by atoms with van der Waals surface area (Å²) in [5.74, 6) is 2.61. The Bertz CT molecular complexity index is 2040. The number of likely N-dealkylation sites (N-methyl/N-ethyl adjacent to an activating group) is 1. The summed E-state index contributed by atoms with van der Waals surface area (Å²) in [6.45, 7) is 9.18. The third-order valence-corrected chi connectivity index (χ3v) is 13.7. The second kappa shape index (κ2) is 13.7. The van der Waals surface area contributed by atoms with Gasteiger partial charge in [0.2, 0.25) is 6.79 Å². The number of carbonyl (C=O) groups is 2. The Labute approximate surface area is 318 Å². The molecule has 3 N–H and O–H groups in total. The Morgan fingerprint density at radius 2 is 1.85 bits per heavy atom. The van der Waals surface area contributed by atoms with Crippen molar-refractivity contribution < 1.29 is 48.2 Å². The number of esters is 1. The van der Waals surface area contributed by atoms with E-state index in [-0.39, 0.29) is 48.3 Å². The molecule has 8 rings (SSSR count). The Kier molecular flexibility index (Phi) is 9.31. The van der Waals surface area contributed by atoms with E-state index in [1.54, 1.807) is 32.0 Å². The summed E-state index contributed by atoms with van der Waals surface area (Å²) in [4.78, 5) is 29.5. The molecule has 5 aliphatic rings. The summed E-state index contributed by atoms with van der Waals surface area (Å²) in [5, 5.41) is 26.1. The van der Waals surface area contributed by atoms with Crippen molar-refractivity contribution in [1.82, 2.24) is 15.1 Å². The number of thioether (sulfide) groups is 1. The lowest BCUT2D eigenvalue weighted by atomic mass is 9.73. The van der Waals surface area contributed by atoms with Crippen molar-refractivity contribution in [2.75, 3.05) is 53.5 Å². The zero-order valence-electron chi connectivity index (χ0n) is 31.6. The molecule has 0 aromatic heterocycles. The lowest BCUT2D eigenvalue weighted by Gasteiger charge is -2.60. The minimum Gasteiger partial charge on any atom is -0.504 e. The number of fused-ring (bicyclic) bond motifs is 10. The standard InChI is InChI=1S/C40H47N3O10S/c1-19-10-23-11-24-14-43-26(15-50-17-44)30-31(36(53-21(3)45)20(2)37-38(30)52-18-51-37)39(33(43)32(42(24)5)29(23)34(47)35(19)49-7)54-16-40(4)25-13-28(48-6)27(46)12-22(25)8-9-41-40/h10,12-13,17,24,26,32-33,39,41,46-47H,8-9,11,14-16,18H2,1-7H3/t24-,26+,32-,33-,39-,40-/m1/s1. The van der Waals surface area contributed by atoms with Crippen molar-refractivity contribution >= 4 is 24.2 Å². The van der Waals surface area contributed by atoms with Gasteiger partial charge in [-0.1, -0.05) is 6.07 Å². The van der Waals surface area contributed by atoms with Crippen LogP contribution in [-0.2, 0) is 32.7 Å². The number of benzene rings is 3. The van der Waals surface area contributed by atoms with Gasteiger partial charge < -0.3 is 44.0 Å². The van der Waals surface area contributed by atoms with Crippen molar-refractivity contribution in [3.63, 3.8) is 0 Å². The van der Waals surface area contributed by atoms with Crippen molar-refractivity contribution in [2.24, 2.45) is 0 Å². The van der Waals surface area contributed by atoms with Gasteiger partial charge in [-0.15, -0.1) is 11.8 Å². The van der Waals surface area contributed by atoms with Gasteiger partial charge in [-0.2, -0.15) is 0 Å². The van der Waals surface area contributed by atoms with E-state index in [0.717, 1.165) is 45.4 Å². The number of aryl methyl sites for hydroxylation is 1. The number of carbonyl (C=O) groups excluding carboxylic acids is 2. The highest BCUT2D eigenvalue weighted by Gasteiger charge is 2.57. The molecule has 1 saturated heterocycles. The van der Waals surface area contributed by atoms with E-state index in [2.05, 4.69) is 35.2 Å². The first-order valence-corrected chi connectivity index (χ1v) is 19.3. The largest absolute Gasteiger partial charge is 0.504 e. The van der Waals surface area contributed by atoms with Crippen LogP contribution in [0.4, 0.5) is 0 Å². The van der Waals surface area contributed by atoms with Crippen LogP contribution in [0.15, 0.2) is 18.2 Å². The van der Waals surface area contributed by atoms with Gasteiger partial charge in [0.15, 0.2) is 34.5 Å². The molecule has 2 bridgehead atoms. The monoisotopic (exact) mass is 761 g/mol. The number of phenolic OH excluding ortho intramolecular Hbond substituents is 2. The van der Waals surface area contributed by atoms with Gasteiger partial charge in [-0.25, -0.2) is 0 Å². The van der Waals surface area contributed by atoms with E-state index < -0.39 is 17.6 Å². The topological polar surface area (TPSA) is 148 Å². The second-order valence-electron chi connectivity index (χ2n) is 15.1. The van der Waals surface area contributed by atoms with E-state index in [1.807, 2.05) is 19.9 Å². The van der Waals surface area contributed by atoms with Crippen LogP contribution in [0.1, 0.15) is 75.7 Å². The first kappa shape index (κ1) is 36.6. The van der Waals surface area contributed by atoms with Gasteiger partial charge in [-0.05, 0) is 75.0 Å². The molecule has 0 radical (unpaired) electrons. The van der Waals surface area contributed by atoms with E-state index in [1.165, 1.54) is 6.92 Å². The number of aromatic hydroxyl groups is 2. The van der Waals surface area contributed by atoms with Gasteiger partial charge in [-0.3, -0.25) is 19.4 Å². The molecule has 0 aliphatic carbocycles. The molecule has 3 aromatic carbocycles. The molecule has 14 heteroatoms. The van der Waals surface area contributed by atoms with Crippen LogP contribution in [0.2, 0.25) is 0 Å². The molecule has 0 amide bonds. The number of phenols is 2. The number of nitrogens with one attached hydrogen (secondary N) is 1. The zero-order valence-corrected chi connectivity index (χ0v) is 32.4. The Morgan fingerprint density at radius 1 is 1.07 bits per heavy atom. The third kappa shape index (κ3) is 5.55. The predicted molar refractivity (Wildman–Crippen MR) is 200 cm³/mol. The predicted octanol–water partition coefficient (Wildman–Crippen LogP) is 4.73. The summed E-state index contributed by atoms with van der Waals surface area (Å²) in [6.07, 6.45) is 1.45. The number of rotatable bonds is 9. The summed E-state index contributed by atoms with van der Waals surface area (Å²) in [5.41, 5.74) is 6.44. The van der Waals surface area contributed by atoms with Gasteiger partial charge >= 0.3 is 5.97 Å². The molecule has 0 unspecified atom stereocenters. The molecule has 5 heterocycles. The number of hydrogen-bond donors (Lipinski definition) is 3. The quantitative estimate of drug-likeness (QED) is 0.157. The van der Waals surface area contributed by atoms with E-state index >= 15 is 0 Å². The van der Waals surface area contributed by atoms with E-state index in [9.17, 15) is 19.8 Å². The fourth-order valence-corrected chi connectivity index (χ4v) is 11.4. The maximum absolute atomic E-state index is 12.9. The minimum absolute atomic E-state index is 0.00350. The molecule has 13 nitrogen and oxygen atoms in total. The number of hydrogen-bond acceptors (Lipinski definition) is 14. The molecule has 5 aliphatic heterocycles. The van der Waals surface area contributed by atoms with Crippen molar-refractivity contribution in [2.45, 2.75) is 75.5 Å². The van der Waals surface area contributed by atoms with Gasteiger partial charge in [0, 0.05) is 60.1 Å². The van der Waals surface area contributed by atoms with Crippen LogP contribution in [-0.4, -0.2) is 98.0 Å². The molecule has 0 saturated carbocycles. The third-order valence-electron chi connectivity index (χ3n) is 12.1. The first-order valence-electron chi connectivity index (χ1n) is 18.3. The highest BCUT2D eigenvalue weighted by molar-refractivity contribution is 7.99. The smallest absolute Gasteiger partial charge is 0.308 e. The van der Waals surface area contributed by atoms with E-state index in [4.69, 9.17) is 28.4 Å². The molecule has 0 spiro atoms. The highest BCUT2D eigenvalue weighted by atomic mass is 32.2. The lowest BCUT2D eigenvalue weighted by Crippen LogP contribution is -2.65. The van der Waals surface area contributed by atoms with Gasteiger partial charge in [0.25, 0.3) is 6.47 Å². The average molecular weight is 762 g/mol. The maximum atomic E-state index is 12.9. The maximum Gasteiger partial charge on any atom is 0.308 e. The fourth-order valence-electron chi connectivity index (χ4n) is 9.75. The van der Waals surface area contributed by atoms with Crippen molar-refractivity contribution in [3.8, 4) is 40.2 Å². The van der Waals surface area contributed by atoms with Crippen LogP contribution in [0.3, 0.4) is 0 Å². The average Bonchev–Trinajstić information content (AvgIpc) is 3.62.